The quantitative estimate of drug-likeness (QED) is 0.791. The molecule has 0 bridgehead atoms. The Kier molecular flexibility index (Phi) is 3.27. The standard InChI is InChI=1S/C18H19BrN2/c19-14-5-6-15-13(10-14)4-7-18(15)21-9-8-12-2-1-3-17(20)16(12)11-21/h1-3,5-6,10,18H,4,7-9,11,20H2. The zero-order valence-corrected chi connectivity index (χ0v) is 13.6. The molecule has 108 valence electrons. The van der Waals surface area contributed by atoms with Crippen LogP contribution in [0.1, 0.15) is 34.7 Å². The van der Waals surface area contributed by atoms with E-state index in [1.54, 1.807) is 0 Å². The summed E-state index contributed by atoms with van der Waals surface area (Å²) in [5.41, 5.74) is 12.9. The van der Waals surface area contributed by atoms with Crippen LogP contribution in [0.5, 0.6) is 0 Å². The molecule has 2 N–H and O–H groups in total. The summed E-state index contributed by atoms with van der Waals surface area (Å²) in [4.78, 5) is 2.61. The number of hydrogen-bond donors (Lipinski definition) is 1. The van der Waals surface area contributed by atoms with E-state index >= 15 is 0 Å². The summed E-state index contributed by atoms with van der Waals surface area (Å²) in [7, 11) is 0. The lowest BCUT2D eigenvalue weighted by molar-refractivity contribution is 0.179. The number of rotatable bonds is 1. The molecular formula is C18H19BrN2. The molecule has 0 spiro atoms. The highest BCUT2D eigenvalue weighted by Crippen LogP contribution is 2.39. The number of anilines is 1. The maximum atomic E-state index is 6.18. The molecule has 0 saturated heterocycles. The normalized spacial score (nSPS) is 21.1. The maximum Gasteiger partial charge on any atom is 0.0362 e. The minimum absolute atomic E-state index is 0.556. The molecule has 2 nitrogen and oxygen atoms in total. The molecule has 0 radical (unpaired) electrons. The van der Waals surface area contributed by atoms with Crippen LogP contribution in [0.3, 0.4) is 0 Å². The van der Waals surface area contributed by atoms with Crippen molar-refractivity contribution in [2.24, 2.45) is 0 Å². The first-order valence-electron chi connectivity index (χ1n) is 7.61. The Morgan fingerprint density at radius 3 is 2.90 bits per heavy atom. The average Bonchev–Trinajstić information content (AvgIpc) is 2.90. The lowest BCUT2D eigenvalue weighted by Gasteiger charge is -2.34. The molecule has 1 aliphatic heterocycles. The summed E-state index contributed by atoms with van der Waals surface area (Å²) in [6.07, 6.45) is 3.53. The Bertz CT molecular complexity index is 696. The molecule has 2 aliphatic rings. The lowest BCUT2D eigenvalue weighted by Crippen LogP contribution is -2.33. The predicted molar refractivity (Wildman–Crippen MR) is 90.2 cm³/mol. The van der Waals surface area contributed by atoms with Gasteiger partial charge in [0.2, 0.25) is 0 Å². The van der Waals surface area contributed by atoms with Crippen LogP contribution < -0.4 is 5.73 Å². The van der Waals surface area contributed by atoms with E-state index in [0.29, 0.717) is 6.04 Å². The fourth-order valence-corrected chi connectivity index (χ4v) is 4.25. The van der Waals surface area contributed by atoms with Gasteiger partial charge in [-0.05, 0) is 59.7 Å². The van der Waals surface area contributed by atoms with Gasteiger partial charge in [-0.25, -0.2) is 0 Å². The van der Waals surface area contributed by atoms with Crippen LogP contribution in [0, 0.1) is 0 Å². The molecule has 0 aromatic heterocycles. The molecule has 0 amide bonds. The number of halogens is 1. The number of benzene rings is 2. The van der Waals surface area contributed by atoms with Gasteiger partial charge in [-0.2, -0.15) is 0 Å². The van der Waals surface area contributed by atoms with E-state index in [-0.39, 0.29) is 0 Å². The number of hydrogen-bond acceptors (Lipinski definition) is 2. The maximum absolute atomic E-state index is 6.18. The number of nitrogens with zero attached hydrogens (tertiary/aromatic N) is 1. The first-order valence-corrected chi connectivity index (χ1v) is 8.40. The molecule has 21 heavy (non-hydrogen) atoms. The third-order valence-corrected chi connectivity index (χ3v) is 5.42. The van der Waals surface area contributed by atoms with Crippen molar-refractivity contribution in [3.05, 3.63) is 63.1 Å². The highest BCUT2D eigenvalue weighted by Gasteiger charge is 2.30. The number of nitrogen functional groups attached to an aromatic ring is 1. The van der Waals surface area contributed by atoms with Crippen LogP contribution in [-0.2, 0) is 19.4 Å². The highest BCUT2D eigenvalue weighted by atomic mass is 79.9. The Balaban J connectivity index is 1.64. The third-order valence-electron chi connectivity index (χ3n) is 4.93. The Morgan fingerprint density at radius 2 is 2.00 bits per heavy atom. The summed E-state index contributed by atoms with van der Waals surface area (Å²) in [6.45, 7) is 2.12. The van der Waals surface area contributed by atoms with Crippen LogP contribution in [0.25, 0.3) is 0 Å². The fourth-order valence-electron chi connectivity index (χ4n) is 3.84. The zero-order chi connectivity index (χ0) is 14.4. The smallest absolute Gasteiger partial charge is 0.0362 e. The van der Waals surface area contributed by atoms with Crippen molar-refractivity contribution in [1.29, 1.82) is 0 Å². The molecule has 2 aromatic carbocycles. The largest absolute Gasteiger partial charge is 0.398 e. The molecule has 1 unspecified atom stereocenters. The minimum Gasteiger partial charge on any atom is -0.398 e. The van der Waals surface area contributed by atoms with Gasteiger partial charge >= 0.3 is 0 Å². The van der Waals surface area contributed by atoms with E-state index in [1.807, 2.05) is 6.07 Å². The predicted octanol–water partition coefficient (Wildman–Crippen LogP) is 4.08. The molecule has 1 aliphatic carbocycles. The van der Waals surface area contributed by atoms with E-state index < -0.39 is 0 Å². The van der Waals surface area contributed by atoms with Gasteiger partial charge in [-0.15, -0.1) is 0 Å². The van der Waals surface area contributed by atoms with Crippen molar-refractivity contribution in [3.63, 3.8) is 0 Å². The number of fused-ring (bicyclic) bond motifs is 2. The van der Waals surface area contributed by atoms with Gasteiger partial charge in [0.15, 0.2) is 0 Å². The molecule has 0 saturated carbocycles. The SMILES string of the molecule is Nc1cccc2c1CN(C1CCc3cc(Br)ccc31)CC2. The minimum atomic E-state index is 0.556. The van der Waals surface area contributed by atoms with Crippen LogP contribution >= 0.6 is 15.9 Å². The fraction of sp³-hybridized carbons (Fsp3) is 0.333. The second-order valence-electron chi connectivity index (χ2n) is 6.10. The summed E-state index contributed by atoms with van der Waals surface area (Å²) >= 11 is 3.58. The van der Waals surface area contributed by atoms with E-state index in [4.69, 9.17) is 5.73 Å². The summed E-state index contributed by atoms with van der Waals surface area (Å²) in [5, 5.41) is 0. The van der Waals surface area contributed by atoms with E-state index in [9.17, 15) is 0 Å². The topological polar surface area (TPSA) is 29.3 Å². The van der Waals surface area contributed by atoms with Gasteiger partial charge in [0.1, 0.15) is 0 Å². The van der Waals surface area contributed by atoms with Crippen molar-refractivity contribution in [2.45, 2.75) is 31.8 Å². The Labute approximate surface area is 134 Å². The van der Waals surface area contributed by atoms with E-state index in [0.717, 1.165) is 25.2 Å². The van der Waals surface area contributed by atoms with Gasteiger partial charge in [0.05, 0.1) is 0 Å². The van der Waals surface area contributed by atoms with Crippen LogP contribution in [0.4, 0.5) is 5.69 Å². The third kappa shape index (κ3) is 2.29. The molecule has 2 aromatic rings. The van der Waals surface area contributed by atoms with Gasteiger partial charge in [0, 0.05) is 29.3 Å². The van der Waals surface area contributed by atoms with Gasteiger partial charge in [-0.1, -0.05) is 34.1 Å². The Hall–Kier alpha value is -1.32. The van der Waals surface area contributed by atoms with Crippen molar-refractivity contribution in [3.8, 4) is 0 Å². The Morgan fingerprint density at radius 1 is 1.10 bits per heavy atom. The second kappa shape index (κ2) is 5.15. The second-order valence-corrected chi connectivity index (χ2v) is 7.02. The monoisotopic (exact) mass is 342 g/mol. The van der Waals surface area contributed by atoms with Crippen LogP contribution in [0.2, 0.25) is 0 Å². The molecule has 1 heterocycles. The molecule has 4 rings (SSSR count). The molecule has 1 atom stereocenters. The lowest BCUT2D eigenvalue weighted by atomic mass is 9.95. The van der Waals surface area contributed by atoms with Crippen molar-refractivity contribution in [1.82, 2.24) is 4.90 Å². The van der Waals surface area contributed by atoms with Gasteiger partial charge in [-0.3, -0.25) is 4.90 Å². The summed E-state index contributed by atoms with van der Waals surface area (Å²) in [5.74, 6) is 0. The summed E-state index contributed by atoms with van der Waals surface area (Å²) < 4.78 is 1.19. The van der Waals surface area contributed by atoms with Crippen LogP contribution in [0.15, 0.2) is 40.9 Å². The van der Waals surface area contributed by atoms with Gasteiger partial charge < -0.3 is 5.73 Å². The molecule has 3 heteroatoms. The van der Waals surface area contributed by atoms with Crippen molar-refractivity contribution in [2.75, 3.05) is 12.3 Å². The molecule has 0 fully saturated rings. The first-order chi connectivity index (χ1) is 10.2. The number of aryl methyl sites for hydroxylation is 1. The molecular weight excluding hydrogens is 324 g/mol. The van der Waals surface area contributed by atoms with Crippen LogP contribution in [-0.4, -0.2) is 11.4 Å². The zero-order valence-electron chi connectivity index (χ0n) is 12.0. The van der Waals surface area contributed by atoms with Crippen molar-refractivity contribution >= 4 is 21.6 Å². The number of nitrogens with two attached hydrogens (primary N) is 1. The summed E-state index contributed by atoms with van der Waals surface area (Å²) in [6, 6.07) is 13.6. The highest BCUT2D eigenvalue weighted by molar-refractivity contribution is 9.10. The van der Waals surface area contributed by atoms with Gasteiger partial charge in [0.25, 0.3) is 0 Å². The average molecular weight is 343 g/mol. The first kappa shape index (κ1) is 13.4. The van der Waals surface area contributed by atoms with E-state index in [1.165, 1.54) is 39.6 Å². The van der Waals surface area contributed by atoms with E-state index in [2.05, 4.69) is 51.2 Å². The van der Waals surface area contributed by atoms with Crippen molar-refractivity contribution < 1.29 is 0 Å².